The third-order valence-corrected chi connectivity index (χ3v) is 6.95. The fraction of sp³-hybridized carbons (Fsp3) is 1.00. The number of unbranched alkanes of at least 4 members (excludes halogenated alkanes) is 1. The highest BCUT2D eigenvalue weighted by Crippen LogP contribution is 2.26. The van der Waals surface area contributed by atoms with Gasteiger partial charge >= 0.3 is 0 Å². The molecule has 0 N–H and O–H groups in total. The molecule has 0 aromatic heterocycles. The molecular weight excluding hydrogens is 178 g/mol. The quantitative estimate of drug-likeness (QED) is 0.634. The van der Waals surface area contributed by atoms with E-state index in [1.807, 2.05) is 0 Å². The standard InChI is InChI=1S/C10H23NOSi/c1-4-6-8-11-9-7-10-13(11,3)12-5-2/h4-10H2,1-3H3. The summed E-state index contributed by atoms with van der Waals surface area (Å²) < 4.78 is 8.60. The molecule has 1 rings (SSSR count). The molecule has 1 saturated heterocycles. The Bertz CT molecular complexity index is 154. The molecule has 1 unspecified atom stereocenters. The zero-order chi connectivity index (χ0) is 9.73. The van der Waals surface area contributed by atoms with Gasteiger partial charge < -0.3 is 8.99 Å². The molecule has 1 aliphatic rings. The molecule has 3 heteroatoms. The van der Waals surface area contributed by atoms with E-state index in [1.54, 1.807) is 0 Å². The summed E-state index contributed by atoms with van der Waals surface area (Å²) in [5, 5.41) is 0. The molecule has 0 bridgehead atoms. The summed E-state index contributed by atoms with van der Waals surface area (Å²) >= 11 is 0. The highest BCUT2D eigenvalue weighted by molar-refractivity contribution is 6.70. The summed E-state index contributed by atoms with van der Waals surface area (Å²) in [7, 11) is -1.42. The van der Waals surface area contributed by atoms with Gasteiger partial charge in [-0.3, -0.25) is 0 Å². The zero-order valence-electron chi connectivity index (χ0n) is 9.31. The van der Waals surface area contributed by atoms with E-state index in [4.69, 9.17) is 4.43 Å². The second-order valence-electron chi connectivity index (χ2n) is 4.05. The van der Waals surface area contributed by atoms with Gasteiger partial charge in [0, 0.05) is 6.61 Å². The first kappa shape index (κ1) is 11.2. The fourth-order valence-electron chi connectivity index (χ4n) is 2.16. The van der Waals surface area contributed by atoms with Crippen LogP contribution in [0.25, 0.3) is 0 Å². The van der Waals surface area contributed by atoms with Crippen LogP contribution >= 0.6 is 0 Å². The van der Waals surface area contributed by atoms with Crippen molar-refractivity contribution in [1.82, 2.24) is 4.57 Å². The van der Waals surface area contributed by atoms with Crippen LogP contribution in [0.2, 0.25) is 12.6 Å². The van der Waals surface area contributed by atoms with Crippen molar-refractivity contribution in [3.8, 4) is 0 Å². The molecule has 2 nitrogen and oxygen atoms in total. The lowest BCUT2D eigenvalue weighted by Crippen LogP contribution is -2.49. The van der Waals surface area contributed by atoms with Crippen molar-refractivity contribution in [3.63, 3.8) is 0 Å². The molecule has 0 amide bonds. The molecule has 0 aromatic rings. The molecular formula is C10H23NOSi. The first-order chi connectivity index (χ1) is 6.23. The molecule has 13 heavy (non-hydrogen) atoms. The number of hydrogen-bond donors (Lipinski definition) is 0. The Morgan fingerprint density at radius 2 is 2.15 bits per heavy atom. The van der Waals surface area contributed by atoms with E-state index in [2.05, 4.69) is 25.0 Å². The van der Waals surface area contributed by atoms with E-state index in [0.717, 1.165) is 6.61 Å². The van der Waals surface area contributed by atoms with Crippen molar-refractivity contribution < 1.29 is 4.43 Å². The fourth-order valence-corrected chi connectivity index (χ4v) is 5.51. The van der Waals surface area contributed by atoms with E-state index in [1.165, 1.54) is 38.4 Å². The van der Waals surface area contributed by atoms with Crippen LogP contribution in [-0.2, 0) is 4.43 Å². The van der Waals surface area contributed by atoms with Crippen LogP contribution in [0, 0.1) is 0 Å². The van der Waals surface area contributed by atoms with Crippen molar-refractivity contribution in [3.05, 3.63) is 0 Å². The Kier molecular flexibility index (Phi) is 4.42. The van der Waals surface area contributed by atoms with Gasteiger partial charge in [-0.1, -0.05) is 13.3 Å². The molecule has 0 aromatic carbocycles. The van der Waals surface area contributed by atoms with Crippen molar-refractivity contribution >= 4 is 8.48 Å². The predicted molar refractivity (Wildman–Crippen MR) is 59.1 cm³/mol. The highest BCUT2D eigenvalue weighted by Gasteiger charge is 2.40. The lowest BCUT2D eigenvalue weighted by molar-refractivity contribution is 0.268. The maximum atomic E-state index is 5.96. The van der Waals surface area contributed by atoms with Crippen LogP contribution in [0.3, 0.4) is 0 Å². The minimum absolute atomic E-state index is 0.894. The lowest BCUT2D eigenvalue weighted by Gasteiger charge is -2.32. The zero-order valence-corrected chi connectivity index (χ0v) is 10.3. The summed E-state index contributed by atoms with van der Waals surface area (Å²) in [5.74, 6) is 0. The van der Waals surface area contributed by atoms with E-state index in [0.29, 0.717) is 0 Å². The second-order valence-corrected chi connectivity index (χ2v) is 7.82. The highest BCUT2D eigenvalue weighted by atomic mass is 28.4. The summed E-state index contributed by atoms with van der Waals surface area (Å²) in [4.78, 5) is 0. The maximum absolute atomic E-state index is 5.96. The Hall–Kier alpha value is 0.137. The topological polar surface area (TPSA) is 12.5 Å². The van der Waals surface area contributed by atoms with Crippen LogP contribution in [-0.4, -0.2) is 32.7 Å². The summed E-state index contributed by atoms with van der Waals surface area (Å²) in [6, 6.07) is 1.34. The van der Waals surface area contributed by atoms with Crippen LogP contribution < -0.4 is 0 Å². The van der Waals surface area contributed by atoms with Crippen LogP contribution in [0.4, 0.5) is 0 Å². The molecule has 1 atom stereocenters. The Morgan fingerprint density at radius 3 is 2.77 bits per heavy atom. The van der Waals surface area contributed by atoms with Crippen molar-refractivity contribution in [2.24, 2.45) is 0 Å². The SMILES string of the molecule is CCCCN1CCC[Si]1(C)OCC. The van der Waals surface area contributed by atoms with Gasteiger partial charge in [0.25, 0.3) is 8.48 Å². The molecule has 0 radical (unpaired) electrons. The number of nitrogens with zero attached hydrogens (tertiary/aromatic N) is 1. The van der Waals surface area contributed by atoms with Crippen molar-refractivity contribution in [2.75, 3.05) is 19.7 Å². The summed E-state index contributed by atoms with van der Waals surface area (Å²) in [6.07, 6.45) is 3.98. The van der Waals surface area contributed by atoms with Crippen molar-refractivity contribution in [1.29, 1.82) is 0 Å². The molecule has 78 valence electrons. The maximum Gasteiger partial charge on any atom is 0.268 e. The normalized spacial score (nSPS) is 29.8. The molecule has 1 fully saturated rings. The Labute approximate surface area is 83.5 Å². The predicted octanol–water partition coefficient (Wildman–Crippen LogP) is 2.60. The minimum atomic E-state index is -1.42. The Morgan fingerprint density at radius 1 is 1.38 bits per heavy atom. The lowest BCUT2D eigenvalue weighted by atomic mass is 10.3. The third-order valence-electron chi connectivity index (χ3n) is 2.97. The average Bonchev–Trinajstić information content (AvgIpc) is 2.44. The van der Waals surface area contributed by atoms with E-state index in [9.17, 15) is 0 Å². The van der Waals surface area contributed by atoms with Gasteiger partial charge in [-0.25, -0.2) is 0 Å². The van der Waals surface area contributed by atoms with Gasteiger partial charge in [0.2, 0.25) is 0 Å². The molecule has 0 aliphatic carbocycles. The summed E-state index contributed by atoms with van der Waals surface area (Å²) in [5.41, 5.74) is 0. The Balaban J connectivity index is 2.42. The first-order valence-corrected chi connectivity index (χ1v) is 8.18. The molecule has 1 aliphatic heterocycles. The van der Waals surface area contributed by atoms with E-state index in [-0.39, 0.29) is 0 Å². The van der Waals surface area contributed by atoms with Gasteiger partial charge in [-0.05, 0) is 45.4 Å². The smallest absolute Gasteiger partial charge is 0.268 e. The van der Waals surface area contributed by atoms with Crippen LogP contribution in [0.15, 0.2) is 0 Å². The second kappa shape index (κ2) is 5.13. The van der Waals surface area contributed by atoms with Crippen LogP contribution in [0.1, 0.15) is 33.1 Å². The number of hydrogen-bond acceptors (Lipinski definition) is 2. The van der Waals surface area contributed by atoms with Crippen LogP contribution in [0.5, 0.6) is 0 Å². The van der Waals surface area contributed by atoms with Gasteiger partial charge in [-0.15, -0.1) is 0 Å². The van der Waals surface area contributed by atoms with Gasteiger partial charge in [0.15, 0.2) is 0 Å². The average molecular weight is 201 g/mol. The van der Waals surface area contributed by atoms with Gasteiger partial charge in [-0.2, -0.15) is 0 Å². The minimum Gasteiger partial charge on any atom is -0.403 e. The monoisotopic (exact) mass is 201 g/mol. The van der Waals surface area contributed by atoms with E-state index >= 15 is 0 Å². The number of rotatable bonds is 5. The largest absolute Gasteiger partial charge is 0.403 e. The molecule has 0 saturated carbocycles. The van der Waals surface area contributed by atoms with Crippen molar-refractivity contribution in [2.45, 2.75) is 45.7 Å². The molecule has 1 heterocycles. The summed E-state index contributed by atoms with van der Waals surface area (Å²) in [6.45, 7) is 10.2. The third kappa shape index (κ3) is 2.79. The first-order valence-electron chi connectivity index (χ1n) is 5.62. The van der Waals surface area contributed by atoms with Gasteiger partial charge in [0.05, 0.1) is 0 Å². The van der Waals surface area contributed by atoms with Gasteiger partial charge in [0.1, 0.15) is 0 Å². The molecule has 0 spiro atoms. The van der Waals surface area contributed by atoms with E-state index < -0.39 is 8.48 Å².